The Morgan fingerprint density at radius 1 is 1.03 bits per heavy atom. The molecule has 0 aliphatic heterocycles. The van der Waals surface area contributed by atoms with Gasteiger partial charge in [-0.05, 0) is 49.5 Å². The third kappa shape index (κ3) is 6.93. The Morgan fingerprint density at radius 3 is 1.91 bits per heavy atom. The molecule has 1 aromatic rings. The number of hydrogen-bond acceptors (Lipinski definition) is 6. The molecule has 0 bridgehead atoms. The van der Waals surface area contributed by atoms with E-state index in [0.29, 0.717) is 11.4 Å². The van der Waals surface area contributed by atoms with Crippen LogP contribution in [0.2, 0.25) is 16.6 Å². The average molecular weight is 469 g/mol. The number of hydrogen-bond donors (Lipinski definition) is 2. The number of carboxylic acid groups (broad SMARTS) is 1. The number of aromatic nitrogens is 1. The predicted octanol–water partition coefficient (Wildman–Crippen LogP) is 5.30. The Kier molecular flexibility index (Phi) is 9.71. The highest BCUT2D eigenvalue weighted by Gasteiger charge is 2.50. The Balaban J connectivity index is 3.51. The third-order valence-corrected chi connectivity index (χ3v) is 11.6. The van der Waals surface area contributed by atoms with Gasteiger partial charge in [-0.1, -0.05) is 41.5 Å². The zero-order valence-electron chi connectivity index (χ0n) is 21.1. The Hall–Kier alpha value is -2.13. The summed E-state index contributed by atoms with van der Waals surface area (Å²) in [6, 6.07) is 2.25. The van der Waals surface area contributed by atoms with Gasteiger partial charge in [-0.25, -0.2) is 9.59 Å². The normalized spacial score (nSPS) is 14.4. The highest BCUT2D eigenvalue weighted by molar-refractivity contribution is 6.77. The van der Waals surface area contributed by atoms with Crippen LogP contribution in [0.15, 0.2) is 18.3 Å². The number of ether oxygens (including phenoxy) is 2. The summed E-state index contributed by atoms with van der Waals surface area (Å²) in [5.74, 6) is -0.643. The summed E-state index contributed by atoms with van der Waals surface area (Å²) >= 11 is 0. The van der Waals surface area contributed by atoms with Gasteiger partial charge in [0.1, 0.15) is 17.4 Å². The van der Waals surface area contributed by atoms with Gasteiger partial charge in [-0.2, -0.15) is 0 Å². The van der Waals surface area contributed by atoms with Crippen molar-refractivity contribution in [3.63, 3.8) is 0 Å². The molecule has 32 heavy (non-hydrogen) atoms. The van der Waals surface area contributed by atoms with Crippen LogP contribution >= 0.6 is 0 Å². The highest BCUT2D eigenvalue weighted by Crippen LogP contribution is 2.44. The standard InChI is InChI=1S/C23H40N2O6Si/c1-14(2)32(15(3)4,16(5)6)31-20(21(26)27)19(25-22(28)30-23(7,8)9)18-12-11-17(29-10)13-24-18/h11-16,19-20H,1-10H3,(H,25,28)(H,26,27)/t19-,20+/m0/s1. The summed E-state index contributed by atoms with van der Waals surface area (Å²) in [4.78, 5) is 29.5. The maximum atomic E-state index is 12.6. The average Bonchev–Trinajstić information content (AvgIpc) is 2.65. The summed E-state index contributed by atoms with van der Waals surface area (Å²) < 4.78 is 17.1. The first-order valence-corrected chi connectivity index (χ1v) is 13.2. The molecular formula is C23H40N2O6Si. The largest absolute Gasteiger partial charge is 0.495 e. The fourth-order valence-corrected chi connectivity index (χ4v) is 9.82. The smallest absolute Gasteiger partial charge is 0.408 e. The lowest BCUT2D eigenvalue weighted by Gasteiger charge is -2.45. The van der Waals surface area contributed by atoms with Crippen molar-refractivity contribution >= 4 is 20.4 Å². The molecule has 0 saturated heterocycles. The summed E-state index contributed by atoms with van der Waals surface area (Å²) in [6.07, 6.45) is -0.584. The molecule has 0 aliphatic carbocycles. The molecule has 0 aliphatic rings. The maximum Gasteiger partial charge on any atom is 0.408 e. The van der Waals surface area contributed by atoms with E-state index in [1.807, 2.05) is 0 Å². The van der Waals surface area contributed by atoms with E-state index >= 15 is 0 Å². The van der Waals surface area contributed by atoms with Gasteiger partial charge < -0.3 is 24.3 Å². The third-order valence-electron chi connectivity index (χ3n) is 5.57. The SMILES string of the molecule is COc1ccc([C@H](NC(=O)OC(C)(C)C)[C@@H](O[Si](C(C)C)(C(C)C)C(C)C)C(=O)O)nc1. The molecule has 1 aromatic heterocycles. The molecular weight excluding hydrogens is 428 g/mol. The van der Waals surface area contributed by atoms with Crippen molar-refractivity contribution in [1.82, 2.24) is 10.3 Å². The number of aliphatic carboxylic acids is 1. The van der Waals surface area contributed by atoms with E-state index in [1.165, 1.54) is 13.3 Å². The van der Waals surface area contributed by atoms with E-state index in [0.717, 1.165) is 0 Å². The first-order chi connectivity index (χ1) is 14.7. The van der Waals surface area contributed by atoms with Crippen LogP contribution in [0, 0.1) is 0 Å². The van der Waals surface area contributed by atoms with Crippen LogP contribution in [-0.4, -0.2) is 49.3 Å². The second-order valence-electron chi connectivity index (χ2n) is 9.94. The van der Waals surface area contributed by atoms with Gasteiger partial charge in [-0.3, -0.25) is 4.98 Å². The maximum absolute atomic E-state index is 12.6. The van der Waals surface area contributed by atoms with Crippen LogP contribution in [0.1, 0.15) is 74.0 Å². The van der Waals surface area contributed by atoms with Crippen LogP contribution in [0.25, 0.3) is 0 Å². The van der Waals surface area contributed by atoms with Crippen molar-refractivity contribution < 1.29 is 28.6 Å². The van der Waals surface area contributed by atoms with Crippen LogP contribution in [0.3, 0.4) is 0 Å². The molecule has 0 saturated carbocycles. The van der Waals surface area contributed by atoms with Crippen LogP contribution < -0.4 is 10.1 Å². The van der Waals surface area contributed by atoms with Gasteiger partial charge in [0.2, 0.25) is 8.32 Å². The molecule has 1 rings (SSSR count). The zero-order valence-corrected chi connectivity index (χ0v) is 22.1. The number of methoxy groups -OCH3 is 1. The minimum absolute atomic E-state index is 0.162. The first-order valence-electron chi connectivity index (χ1n) is 11.1. The molecule has 0 fully saturated rings. The second kappa shape index (κ2) is 11.1. The molecule has 2 atom stereocenters. The lowest BCUT2D eigenvalue weighted by atomic mass is 10.1. The van der Waals surface area contributed by atoms with Gasteiger partial charge in [-0.15, -0.1) is 0 Å². The van der Waals surface area contributed by atoms with Crippen molar-refractivity contribution in [2.75, 3.05) is 7.11 Å². The molecule has 0 radical (unpaired) electrons. The molecule has 1 heterocycles. The number of nitrogens with one attached hydrogen (secondary N) is 1. The fourth-order valence-electron chi connectivity index (χ4n) is 4.32. The number of nitrogens with zero attached hydrogens (tertiary/aromatic N) is 1. The minimum atomic E-state index is -2.59. The second-order valence-corrected chi connectivity index (χ2v) is 15.3. The fraction of sp³-hybridized carbons (Fsp3) is 0.696. The zero-order chi connectivity index (χ0) is 24.9. The number of amides is 1. The lowest BCUT2D eigenvalue weighted by molar-refractivity contribution is -0.147. The Bertz CT molecular complexity index is 737. The summed E-state index contributed by atoms with van der Waals surface area (Å²) in [5, 5.41) is 12.9. The quantitative estimate of drug-likeness (QED) is 0.449. The van der Waals surface area contributed by atoms with Gasteiger partial charge in [0.05, 0.1) is 19.0 Å². The number of alkyl carbamates (subject to hydrolysis) is 1. The van der Waals surface area contributed by atoms with Crippen molar-refractivity contribution in [3.8, 4) is 5.75 Å². The highest BCUT2D eigenvalue weighted by atomic mass is 28.4. The number of rotatable bonds is 10. The molecule has 0 spiro atoms. The van der Waals surface area contributed by atoms with Crippen LogP contribution in [-0.2, 0) is 14.0 Å². The van der Waals surface area contributed by atoms with E-state index in [1.54, 1.807) is 32.9 Å². The van der Waals surface area contributed by atoms with Crippen molar-refractivity contribution in [3.05, 3.63) is 24.0 Å². The number of pyridine rings is 1. The molecule has 1 amide bonds. The van der Waals surface area contributed by atoms with E-state index in [9.17, 15) is 14.7 Å². The summed E-state index contributed by atoms with van der Waals surface area (Å²) in [6.45, 7) is 17.7. The van der Waals surface area contributed by atoms with Gasteiger partial charge in [0.25, 0.3) is 0 Å². The summed E-state index contributed by atoms with van der Waals surface area (Å²) in [5.41, 5.74) is 0.0951. The molecule has 182 valence electrons. The van der Waals surface area contributed by atoms with Crippen molar-refractivity contribution in [2.45, 2.75) is 96.7 Å². The number of carbonyl (C=O) groups is 2. The van der Waals surface area contributed by atoms with Gasteiger partial charge >= 0.3 is 12.1 Å². The monoisotopic (exact) mass is 468 g/mol. The summed E-state index contributed by atoms with van der Waals surface area (Å²) in [7, 11) is -1.07. The van der Waals surface area contributed by atoms with E-state index < -0.39 is 38.1 Å². The Morgan fingerprint density at radius 2 is 1.56 bits per heavy atom. The van der Waals surface area contributed by atoms with Crippen LogP contribution in [0.5, 0.6) is 5.75 Å². The molecule has 0 unspecified atom stereocenters. The Labute approximate surface area is 193 Å². The van der Waals surface area contributed by atoms with Gasteiger partial charge in [0.15, 0.2) is 6.10 Å². The predicted molar refractivity (Wildman–Crippen MR) is 126 cm³/mol. The van der Waals surface area contributed by atoms with Crippen LogP contribution in [0.4, 0.5) is 4.79 Å². The number of carbonyl (C=O) groups excluding carboxylic acids is 1. The molecule has 8 nitrogen and oxygen atoms in total. The molecule has 2 N–H and O–H groups in total. The van der Waals surface area contributed by atoms with E-state index in [4.69, 9.17) is 13.9 Å². The number of carboxylic acids is 1. The lowest BCUT2D eigenvalue weighted by Crippen LogP contribution is -2.55. The minimum Gasteiger partial charge on any atom is -0.495 e. The van der Waals surface area contributed by atoms with E-state index in [-0.39, 0.29) is 16.6 Å². The molecule has 0 aromatic carbocycles. The topological polar surface area (TPSA) is 107 Å². The van der Waals surface area contributed by atoms with Crippen molar-refractivity contribution in [1.29, 1.82) is 0 Å². The van der Waals surface area contributed by atoms with Gasteiger partial charge in [0, 0.05) is 0 Å². The first kappa shape index (κ1) is 27.9. The van der Waals surface area contributed by atoms with Crippen molar-refractivity contribution in [2.24, 2.45) is 0 Å². The van der Waals surface area contributed by atoms with E-state index in [2.05, 4.69) is 51.8 Å². The molecule has 9 heteroatoms.